The van der Waals surface area contributed by atoms with Crippen molar-refractivity contribution in [2.24, 2.45) is 7.05 Å². The van der Waals surface area contributed by atoms with Crippen LogP contribution < -0.4 is 5.32 Å². The van der Waals surface area contributed by atoms with Gasteiger partial charge in [0.25, 0.3) is 5.91 Å². The Morgan fingerprint density at radius 3 is 3.05 bits per heavy atom. The third kappa shape index (κ3) is 3.58. The van der Waals surface area contributed by atoms with E-state index in [0.29, 0.717) is 11.6 Å². The highest BCUT2D eigenvalue weighted by atomic mass is 16.1. The summed E-state index contributed by atoms with van der Waals surface area (Å²) in [5, 5.41) is 7.35. The smallest absolute Gasteiger partial charge is 0.272 e. The number of hydrogen-bond donors (Lipinski definition) is 1. The van der Waals surface area contributed by atoms with Gasteiger partial charge in [0.05, 0.1) is 0 Å². The van der Waals surface area contributed by atoms with Gasteiger partial charge in [-0.25, -0.2) is 0 Å². The number of aromatic nitrogens is 2. The van der Waals surface area contributed by atoms with Gasteiger partial charge in [-0.1, -0.05) is 32.6 Å². The molecule has 1 atom stereocenters. The van der Waals surface area contributed by atoms with Crippen molar-refractivity contribution < 1.29 is 4.79 Å². The maximum atomic E-state index is 12.2. The highest BCUT2D eigenvalue weighted by molar-refractivity contribution is 5.93. The van der Waals surface area contributed by atoms with Gasteiger partial charge in [-0.05, 0) is 25.2 Å². The summed E-state index contributed by atoms with van der Waals surface area (Å²) in [6.07, 6.45) is 10.4. The Balaban J connectivity index is 2.26. The second-order valence-electron chi connectivity index (χ2n) is 5.55. The van der Waals surface area contributed by atoms with Crippen LogP contribution in [0.3, 0.4) is 0 Å². The van der Waals surface area contributed by atoms with Gasteiger partial charge >= 0.3 is 0 Å². The molecule has 19 heavy (non-hydrogen) atoms. The summed E-state index contributed by atoms with van der Waals surface area (Å²) in [6.45, 7) is 2.99. The molecule has 0 aromatic carbocycles. The standard InChI is InChI=1S/C15H25N3O/c1-3-4-8-12-9-6-5-7-10-16-15(19)14-13(12)11-18(2)17-14/h11-12H,3-10H2,1-2H3,(H,16,19). The molecule has 0 fully saturated rings. The maximum absolute atomic E-state index is 12.2. The van der Waals surface area contributed by atoms with Crippen LogP contribution in [0, 0.1) is 0 Å². The van der Waals surface area contributed by atoms with Crippen LogP contribution in [0.15, 0.2) is 6.20 Å². The summed E-state index contributed by atoms with van der Waals surface area (Å²) in [5.74, 6) is 0.492. The lowest BCUT2D eigenvalue weighted by molar-refractivity contribution is 0.0945. The zero-order valence-electron chi connectivity index (χ0n) is 12.1. The predicted molar refractivity (Wildman–Crippen MR) is 76.3 cm³/mol. The van der Waals surface area contributed by atoms with Crippen molar-refractivity contribution in [3.63, 3.8) is 0 Å². The molecule has 0 radical (unpaired) electrons. The minimum Gasteiger partial charge on any atom is -0.351 e. The van der Waals surface area contributed by atoms with E-state index >= 15 is 0 Å². The summed E-state index contributed by atoms with van der Waals surface area (Å²) in [7, 11) is 1.90. The number of aryl methyl sites for hydroxylation is 1. The third-order valence-corrected chi connectivity index (χ3v) is 3.93. The summed E-state index contributed by atoms with van der Waals surface area (Å²) in [5.41, 5.74) is 1.79. The number of fused-ring (bicyclic) bond motifs is 1. The average Bonchev–Trinajstić information content (AvgIpc) is 2.78. The highest BCUT2D eigenvalue weighted by Gasteiger charge is 2.23. The van der Waals surface area contributed by atoms with Crippen molar-refractivity contribution in [1.82, 2.24) is 15.1 Å². The molecular formula is C15H25N3O. The first-order chi connectivity index (χ1) is 9.22. The molecule has 0 saturated heterocycles. The quantitative estimate of drug-likeness (QED) is 0.911. The molecule has 1 N–H and O–H groups in total. The van der Waals surface area contributed by atoms with Gasteiger partial charge in [0.1, 0.15) is 0 Å². The Labute approximate surface area is 115 Å². The third-order valence-electron chi connectivity index (χ3n) is 3.93. The Kier molecular flexibility index (Phi) is 5.00. The average molecular weight is 263 g/mol. The van der Waals surface area contributed by atoms with E-state index in [0.717, 1.165) is 18.5 Å². The molecule has 0 spiro atoms. The lowest BCUT2D eigenvalue weighted by Gasteiger charge is -2.18. The van der Waals surface area contributed by atoms with Crippen LogP contribution >= 0.6 is 0 Å². The van der Waals surface area contributed by atoms with Gasteiger partial charge in [-0.2, -0.15) is 5.10 Å². The van der Waals surface area contributed by atoms with E-state index in [2.05, 4.69) is 17.3 Å². The summed E-state index contributed by atoms with van der Waals surface area (Å²) in [4.78, 5) is 12.2. The first kappa shape index (κ1) is 14.1. The number of nitrogens with zero attached hydrogens (tertiary/aromatic N) is 2. The second-order valence-corrected chi connectivity index (χ2v) is 5.55. The number of unbranched alkanes of at least 4 members (excludes halogenated alkanes) is 1. The Bertz CT molecular complexity index is 425. The van der Waals surface area contributed by atoms with Crippen LogP contribution in [0.1, 0.15) is 73.8 Å². The maximum Gasteiger partial charge on any atom is 0.272 e. The van der Waals surface area contributed by atoms with Gasteiger partial charge in [0.15, 0.2) is 5.69 Å². The van der Waals surface area contributed by atoms with Crippen LogP contribution in [0.2, 0.25) is 0 Å². The number of amides is 1. The minimum absolute atomic E-state index is 0.000927. The van der Waals surface area contributed by atoms with Crippen molar-refractivity contribution in [2.75, 3.05) is 6.54 Å². The van der Waals surface area contributed by atoms with Gasteiger partial charge < -0.3 is 5.32 Å². The normalized spacial score (nSPS) is 20.7. The molecule has 106 valence electrons. The molecule has 0 aliphatic carbocycles. The van der Waals surface area contributed by atoms with E-state index in [4.69, 9.17) is 0 Å². The summed E-state index contributed by atoms with van der Waals surface area (Å²) >= 11 is 0. The fourth-order valence-corrected chi connectivity index (χ4v) is 2.87. The van der Waals surface area contributed by atoms with Crippen molar-refractivity contribution in [2.45, 2.75) is 57.8 Å². The number of hydrogen-bond acceptors (Lipinski definition) is 2. The topological polar surface area (TPSA) is 46.9 Å². The molecule has 0 saturated carbocycles. The Morgan fingerprint density at radius 1 is 1.42 bits per heavy atom. The van der Waals surface area contributed by atoms with E-state index in [1.54, 1.807) is 4.68 Å². The van der Waals surface area contributed by atoms with Crippen LogP contribution in [-0.4, -0.2) is 22.2 Å². The molecule has 1 aromatic rings. The minimum atomic E-state index is -0.000927. The second kappa shape index (κ2) is 6.73. The van der Waals surface area contributed by atoms with Crippen molar-refractivity contribution in [3.05, 3.63) is 17.5 Å². The number of nitrogens with one attached hydrogen (secondary N) is 1. The number of carbonyl (C=O) groups is 1. The van der Waals surface area contributed by atoms with Crippen LogP contribution in [0.5, 0.6) is 0 Å². The monoisotopic (exact) mass is 263 g/mol. The van der Waals surface area contributed by atoms with Gasteiger partial charge in [-0.3, -0.25) is 9.48 Å². The molecule has 1 aliphatic heterocycles. The first-order valence-corrected chi connectivity index (χ1v) is 7.54. The molecule has 0 bridgehead atoms. The number of rotatable bonds is 3. The zero-order valence-corrected chi connectivity index (χ0v) is 12.1. The molecule has 4 nitrogen and oxygen atoms in total. The largest absolute Gasteiger partial charge is 0.351 e. The molecular weight excluding hydrogens is 238 g/mol. The summed E-state index contributed by atoms with van der Waals surface area (Å²) < 4.78 is 1.78. The molecule has 4 heteroatoms. The van der Waals surface area contributed by atoms with E-state index in [9.17, 15) is 4.79 Å². The fourth-order valence-electron chi connectivity index (χ4n) is 2.87. The SMILES string of the molecule is CCCCC1CCCCCNC(=O)c2nn(C)cc21. The predicted octanol–water partition coefficient (Wildman–Crippen LogP) is 3.00. The lowest BCUT2D eigenvalue weighted by atomic mass is 9.88. The Morgan fingerprint density at radius 2 is 2.26 bits per heavy atom. The Hall–Kier alpha value is -1.32. The summed E-state index contributed by atoms with van der Waals surface area (Å²) in [6, 6.07) is 0. The molecule has 1 aromatic heterocycles. The van der Waals surface area contributed by atoms with Gasteiger partial charge in [0, 0.05) is 25.4 Å². The fraction of sp³-hybridized carbons (Fsp3) is 0.733. The molecule has 1 amide bonds. The van der Waals surface area contributed by atoms with E-state index < -0.39 is 0 Å². The van der Waals surface area contributed by atoms with Crippen molar-refractivity contribution in [1.29, 1.82) is 0 Å². The van der Waals surface area contributed by atoms with E-state index in [1.807, 2.05) is 13.2 Å². The van der Waals surface area contributed by atoms with Gasteiger partial charge in [-0.15, -0.1) is 0 Å². The molecule has 2 heterocycles. The van der Waals surface area contributed by atoms with E-state index in [-0.39, 0.29) is 5.91 Å². The van der Waals surface area contributed by atoms with Crippen LogP contribution in [0.4, 0.5) is 0 Å². The lowest BCUT2D eigenvalue weighted by Crippen LogP contribution is -2.27. The van der Waals surface area contributed by atoms with Crippen LogP contribution in [0.25, 0.3) is 0 Å². The van der Waals surface area contributed by atoms with Crippen molar-refractivity contribution >= 4 is 5.91 Å². The van der Waals surface area contributed by atoms with Crippen molar-refractivity contribution in [3.8, 4) is 0 Å². The molecule has 1 unspecified atom stereocenters. The van der Waals surface area contributed by atoms with E-state index in [1.165, 1.54) is 38.5 Å². The van der Waals surface area contributed by atoms with Gasteiger partial charge in [0.2, 0.25) is 0 Å². The molecule has 1 aliphatic rings. The first-order valence-electron chi connectivity index (χ1n) is 7.54. The van der Waals surface area contributed by atoms with Crippen LogP contribution in [-0.2, 0) is 7.05 Å². The zero-order chi connectivity index (χ0) is 13.7. The number of carbonyl (C=O) groups excluding carboxylic acids is 1. The highest BCUT2D eigenvalue weighted by Crippen LogP contribution is 2.30. The molecule has 2 rings (SSSR count).